The largest absolute Gasteiger partial charge is 0.354 e. The molecule has 3 rings (SSSR count). The first kappa shape index (κ1) is 15.3. The van der Waals surface area contributed by atoms with Crippen molar-refractivity contribution in [1.82, 2.24) is 20.4 Å². The number of nitrogens with one attached hydrogen (secondary N) is 2. The molecule has 6 nitrogen and oxygen atoms in total. The third-order valence-corrected chi connectivity index (χ3v) is 3.89. The predicted molar refractivity (Wildman–Crippen MR) is 86.1 cm³/mol. The first-order valence-electron chi connectivity index (χ1n) is 7.88. The molecule has 1 aromatic heterocycles. The third kappa shape index (κ3) is 3.97. The molecule has 0 aliphatic carbocycles. The van der Waals surface area contributed by atoms with Crippen molar-refractivity contribution in [3.63, 3.8) is 0 Å². The van der Waals surface area contributed by atoms with Crippen LogP contribution >= 0.6 is 0 Å². The highest BCUT2D eigenvalue weighted by molar-refractivity contribution is 5.88. The average molecular weight is 312 g/mol. The van der Waals surface area contributed by atoms with E-state index in [1.54, 1.807) is 10.9 Å². The Labute approximate surface area is 134 Å². The molecule has 1 aliphatic rings. The number of carbonyl (C=O) groups is 2. The molecular formula is C17H20N4O2. The Morgan fingerprint density at radius 3 is 2.96 bits per heavy atom. The van der Waals surface area contributed by atoms with E-state index in [2.05, 4.69) is 15.7 Å². The van der Waals surface area contributed by atoms with Gasteiger partial charge in [-0.1, -0.05) is 18.2 Å². The summed E-state index contributed by atoms with van der Waals surface area (Å²) in [6.07, 6.45) is 6.33. The lowest BCUT2D eigenvalue weighted by molar-refractivity contribution is -0.128. The highest BCUT2D eigenvalue weighted by atomic mass is 16.2. The van der Waals surface area contributed by atoms with Gasteiger partial charge in [-0.05, 0) is 37.0 Å². The van der Waals surface area contributed by atoms with Crippen LogP contribution in [0.4, 0.5) is 0 Å². The van der Waals surface area contributed by atoms with Crippen LogP contribution < -0.4 is 10.6 Å². The van der Waals surface area contributed by atoms with Gasteiger partial charge in [0.1, 0.15) is 6.04 Å². The third-order valence-electron chi connectivity index (χ3n) is 3.89. The number of para-hydroxylation sites is 1. The summed E-state index contributed by atoms with van der Waals surface area (Å²) in [4.78, 5) is 24.0. The minimum atomic E-state index is -0.422. The zero-order chi connectivity index (χ0) is 16.1. The molecule has 6 heteroatoms. The quantitative estimate of drug-likeness (QED) is 0.890. The van der Waals surface area contributed by atoms with Crippen LogP contribution in [0.5, 0.6) is 0 Å². The van der Waals surface area contributed by atoms with Gasteiger partial charge in [0.05, 0.1) is 18.3 Å². The second-order valence-electron chi connectivity index (χ2n) is 5.71. The molecule has 0 bridgehead atoms. The van der Waals surface area contributed by atoms with Gasteiger partial charge in [-0.3, -0.25) is 9.59 Å². The fourth-order valence-corrected chi connectivity index (χ4v) is 2.68. The number of hydrogen-bond donors (Lipinski definition) is 2. The van der Waals surface area contributed by atoms with Crippen LogP contribution in [0.25, 0.3) is 5.69 Å². The van der Waals surface area contributed by atoms with Gasteiger partial charge in [0.15, 0.2) is 0 Å². The summed E-state index contributed by atoms with van der Waals surface area (Å²) >= 11 is 0. The highest BCUT2D eigenvalue weighted by Crippen LogP contribution is 2.09. The van der Waals surface area contributed by atoms with E-state index < -0.39 is 6.04 Å². The fourth-order valence-electron chi connectivity index (χ4n) is 2.68. The first-order chi connectivity index (χ1) is 11.2. The number of rotatable bonds is 4. The van der Waals surface area contributed by atoms with Gasteiger partial charge < -0.3 is 10.6 Å². The van der Waals surface area contributed by atoms with Crippen LogP contribution in [-0.4, -0.2) is 34.2 Å². The summed E-state index contributed by atoms with van der Waals surface area (Å²) in [7, 11) is 0. The minimum Gasteiger partial charge on any atom is -0.354 e. The van der Waals surface area contributed by atoms with Crippen molar-refractivity contribution in [2.45, 2.75) is 31.7 Å². The Kier molecular flexibility index (Phi) is 4.71. The number of nitrogens with zero attached hydrogens (tertiary/aromatic N) is 2. The SMILES string of the molecule is O=C(Cc1cnn(-c2ccccc2)c1)N[C@H]1CCCCNC1=O. The molecule has 2 N–H and O–H groups in total. The van der Waals surface area contributed by atoms with E-state index in [4.69, 9.17) is 0 Å². The number of aromatic nitrogens is 2. The molecule has 120 valence electrons. The number of benzene rings is 1. The monoisotopic (exact) mass is 312 g/mol. The number of carbonyl (C=O) groups excluding carboxylic acids is 2. The van der Waals surface area contributed by atoms with Crippen molar-refractivity contribution in [2.75, 3.05) is 6.54 Å². The molecule has 2 heterocycles. The zero-order valence-electron chi connectivity index (χ0n) is 12.9. The molecule has 0 spiro atoms. The van der Waals surface area contributed by atoms with E-state index in [9.17, 15) is 9.59 Å². The van der Waals surface area contributed by atoms with Gasteiger partial charge in [-0.25, -0.2) is 4.68 Å². The van der Waals surface area contributed by atoms with Gasteiger partial charge in [0, 0.05) is 12.7 Å². The lowest BCUT2D eigenvalue weighted by Crippen LogP contribution is -2.45. The maximum atomic E-state index is 12.2. The van der Waals surface area contributed by atoms with Crippen LogP contribution in [0, 0.1) is 0 Å². The fraction of sp³-hybridized carbons (Fsp3) is 0.353. The number of hydrogen-bond acceptors (Lipinski definition) is 3. The number of amides is 2. The molecule has 0 radical (unpaired) electrons. The molecule has 1 aromatic carbocycles. The molecule has 1 saturated heterocycles. The Morgan fingerprint density at radius 2 is 2.13 bits per heavy atom. The molecule has 0 saturated carbocycles. The molecule has 2 aromatic rings. The van der Waals surface area contributed by atoms with Gasteiger partial charge in [0.2, 0.25) is 11.8 Å². The second kappa shape index (κ2) is 7.09. The topological polar surface area (TPSA) is 76.0 Å². The van der Waals surface area contributed by atoms with Gasteiger partial charge in [0.25, 0.3) is 0 Å². The van der Waals surface area contributed by atoms with Crippen LogP contribution in [0.3, 0.4) is 0 Å². The predicted octanol–water partition coefficient (Wildman–Crippen LogP) is 1.20. The van der Waals surface area contributed by atoms with Crippen molar-refractivity contribution >= 4 is 11.8 Å². The van der Waals surface area contributed by atoms with Crippen molar-refractivity contribution < 1.29 is 9.59 Å². The highest BCUT2D eigenvalue weighted by Gasteiger charge is 2.22. The maximum Gasteiger partial charge on any atom is 0.242 e. The summed E-state index contributed by atoms with van der Waals surface area (Å²) in [6.45, 7) is 0.690. The molecule has 1 fully saturated rings. The molecule has 0 unspecified atom stereocenters. The zero-order valence-corrected chi connectivity index (χ0v) is 12.9. The lowest BCUT2D eigenvalue weighted by atomic mass is 10.1. The standard InChI is InChI=1S/C17H20N4O2/c22-16(20-15-8-4-5-9-18-17(15)23)10-13-11-19-21(12-13)14-6-2-1-3-7-14/h1-3,6-7,11-12,15H,4-5,8-10H2,(H,18,23)(H,20,22)/t15-/m0/s1. The van der Waals surface area contributed by atoms with Crippen molar-refractivity contribution in [3.05, 3.63) is 48.3 Å². The lowest BCUT2D eigenvalue weighted by Gasteiger charge is -2.14. The summed E-state index contributed by atoms with van der Waals surface area (Å²) in [5, 5.41) is 9.91. The smallest absolute Gasteiger partial charge is 0.242 e. The van der Waals surface area contributed by atoms with Crippen LogP contribution in [0.2, 0.25) is 0 Å². The van der Waals surface area contributed by atoms with Crippen LogP contribution in [-0.2, 0) is 16.0 Å². The van der Waals surface area contributed by atoms with Gasteiger partial charge in [-0.15, -0.1) is 0 Å². The van der Waals surface area contributed by atoms with Crippen LogP contribution in [0.15, 0.2) is 42.7 Å². The molecule has 1 atom stereocenters. The van der Waals surface area contributed by atoms with Crippen molar-refractivity contribution in [3.8, 4) is 5.69 Å². The average Bonchev–Trinajstić information content (AvgIpc) is 2.93. The molecule has 2 amide bonds. The van der Waals surface area contributed by atoms with E-state index in [0.29, 0.717) is 13.0 Å². The first-order valence-corrected chi connectivity index (χ1v) is 7.88. The van der Waals surface area contributed by atoms with E-state index in [-0.39, 0.29) is 18.2 Å². The maximum absolute atomic E-state index is 12.2. The van der Waals surface area contributed by atoms with Crippen LogP contribution in [0.1, 0.15) is 24.8 Å². The summed E-state index contributed by atoms with van der Waals surface area (Å²) in [5.74, 6) is -0.240. The molecular weight excluding hydrogens is 292 g/mol. The van der Waals surface area contributed by atoms with E-state index in [0.717, 1.165) is 24.1 Å². The van der Waals surface area contributed by atoms with Gasteiger partial charge in [-0.2, -0.15) is 5.10 Å². The second-order valence-corrected chi connectivity index (χ2v) is 5.71. The van der Waals surface area contributed by atoms with Gasteiger partial charge >= 0.3 is 0 Å². The Morgan fingerprint density at radius 1 is 1.30 bits per heavy atom. The van der Waals surface area contributed by atoms with E-state index in [1.165, 1.54) is 0 Å². The van der Waals surface area contributed by atoms with Crippen molar-refractivity contribution in [1.29, 1.82) is 0 Å². The Balaban J connectivity index is 1.60. The normalized spacial score (nSPS) is 18.1. The minimum absolute atomic E-state index is 0.0872. The summed E-state index contributed by atoms with van der Waals surface area (Å²) in [5.41, 5.74) is 1.77. The van der Waals surface area contributed by atoms with E-state index >= 15 is 0 Å². The molecule has 1 aliphatic heterocycles. The Bertz CT molecular complexity index is 681. The Hall–Kier alpha value is -2.63. The van der Waals surface area contributed by atoms with Crippen molar-refractivity contribution in [2.24, 2.45) is 0 Å². The molecule has 23 heavy (non-hydrogen) atoms. The summed E-state index contributed by atoms with van der Waals surface area (Å²) < 4.78 is 1.74. The van der Waals surface area contributed by atoms with E-state index in [1.807, 2.05) is 36.5 Å². The summed E-state index contributed by atoms with van der Waals surface area (Å²) in [6, 6.07) is 9.30.